The van der Waals surface area contributed by atoms with E-state index in [-0.39, 0.29) is 24.8 Å². The Labute approximate surface area is 132 Å². The predicted octanol–water partition coefficient (Wildman–Crippen LogP) is 0.869. The van der Waals surface area contributed by atoms with Gasteiger partial charge in [-0.15, -0.1) is 0 Å². The van der Waals surface area contributed by atoms with Crippen LogP contribution in [0.25, 0.3) is 0 Å². The van der Waals surface area contributed by atoms with Crippen LogP contribution in [0.1, 0.15) is 40.5 Å². The molecule has 7 nitrogen and oxygen atoms in total. The van der Waals surface area contributed by atoms with Gasteiger partial charge in [-0.25, -0.2) is 5.06 Å². The maximum Gasteiger partial charge on any atom is 0.245 e. The molecule has 0 rings (SSSR count). The molecule has 0 spiro atoms. The monoisotopic (exact) mass is 315 g/mol. The Hall–Kier alpha value is -1.63. The van der Waals surface area contributed by atoms with E-state index in [2.05, 4.69) is 5.32 Å². The van der Waals surface area contributed by atoms with Crippen LogP contribution in [0.4, 0.5) is 0 Å². The molecule has 0 aliphatic carbocycles. The minimum absolute atomic E-state index is 0.0871. The number of rotatable bonds is 8. The van der Waals surface area contributed by atoms with Crippen LogP contribution in [0.2, 0.25) is 0 Å². The highest BCUT2D eigenvalue weighted by atomic mass is 16.5. The van der Waals surface area contributed by atoms with Gasteiger partial charge in [-0.05, 0) is 11.8 Å². The molecule has 0 aromatic carbocycles. The minimum atomic E-state index is -0.669. The summed E-state index contributed by atoms with van der Waals surface area (Å²) in [5.41, 5.74) is -0.447. The fourth-order valence-electron chi connectivity index (χ4n) is 2.09. The van der Waals surface area contributed by atoms with Gasteiger partial charge in [0.25, 0.3) is 0 Å². The van der Waals surface area contributed by atoms with Crippen molar-refractivity contribution in [2.24, 2.45) is 11.3 Å². The molecule has 7 heteroatoms. The molecule has 3 amide bonds. The topological polar surface area (TPSA) is 90.0 Å². The molecule has 0 bridgehead atoms. The lowest BCUT2D eigenvalue weighted by atomic mass is 9.85. The summed E-state index contributed by atoms with van der Waals surface area (Å²) in [5, 5.41) is 12.5. The summed E-state index contributed by atoms with van der Waals surface area (Å²) < 4.78 is 0. The van der Waals surface area contributed by atoms with E-state index in [0.29, 0.717) is 11.5 Å². The Morgan fingerprint density at radius 2 is 1.82 bits per heavy atom. The molecule has 0 radical (unpaired) electrons. The molecule has 2 N–H and O–H groups in total. The third kappa shape index (κ3) is 6.43. The lowest BCUT2D eigenvalue weighted by Gasteiger charge is -2.33. The first kappa shape index (κ1) is 20.4. The van der Waals surface area contributed by atoms with Gasteiger partial charge >= 0.3 is 0 Å². The van der Waals surface area contributed by atoms with E-state index in [1.54, 1.807) is 14.1 Å². The van der Waals surface area contributed by atoms with Crippen LogP contribution in [0.5, 0.6) is 0 Å². The minimum Gasteiger partial charge on any atom is -0.347 e. The van der Waals surface area contributed by atoms with Gasteiger partial charge < -0.3 is 10.2 Å². The second kappa shape index (κ2) is 8.73. The Morgan fingerprint density at radius 3 is 2.18 bits per heavy atom. The van der Waals surface area contributed by atoms with E-state index in [9.17, 15) is 19.6 Å². The van der Waals surface area contributed by atoms with E-state index < -0.39 is 17.4 Å². The van der Waals surface area contributed by atoms with E-state index in [4.69, 9.17) is 0 Å². The predicted molar refractivity (Wildman–Crippen MR) is 83.0 cm³/mol. The second-order valence-electron chi connectivity index (χ2n) is 6.75. The van der Waals surface area contributed by atoms with Crippen molar-refractivity contribution in [3.8, 4) is 0 Å². The van der Waals surface area contributed by atoms with E-state index in [0.717, 1.165) is 6.42 Å². The highest BCUT2D eigenvalue weighted by Crippen LogP contribution is 2.21. The number of carbonyl (C=O) groups excluding carboxylic acids is 3. The number of carbonyl (C=O) groups is 3. The molecular formula is C15H29N3O4. The van der Waals surface area contributed by atoms with Crippen LogP contribution >= 0.6 is 0 Å². The van der Waals surface area contributed by atoms with Crippen molar-refractivity contribution >= 4 is 18.2 Å². The molecular weight excluding hydrogens is 286 g/mol. The lowest BCUT2D eigenvalue weighted by molar-refractivity contribution is -0.155. The van der Waals surface area contributed by atoms with Gasteiger partial charge in [0.2, 0.25) is 18.2 Å². The summed E-state index contributed by atoms with van der Waals surface area (Å²) in [6.07, 6.45) is 1.51. The average Bonchev–Trinajstić information content (AvgIpc) is 2.41. The van der Waals surface area contributed by atoms with Gasteiger partial charge in [0.05, 0.1) is 12.5 Å². The van der Waals surface area contributed by atoms with Crippen LogP contribution in [-0.2, 0) is 14.4 Å². The Morgan fingerprint density at radius 1 is 1.27 bits per heavy atom. The van der Waals surface area contributed by atoms with E-state index in [1.165, 1.54) is 4.90 Å². The molecule has 128 valence electrons. The molecule has 0 aromatic heterocycles. The van der Waals surface area contributed by atoms with Crippen molar-refractivity contribution < 1.29 is 19.6 Å². The number of hydrogen-bond donors (Lipinski definition) is 2. The fraction of sp³-hybridized carbons (Fsp3) is 0.800. The molecule has 0 unspecified atom stereocenters. The fourth-order valence-corrected chi connectivity index (χ4v) is 2.09. The van der Waals surface area contributed by atoms with Gasteiger partial charge in [0.15, 0.2) is 0 Å². The Bertz CT molecular complexity index is 391. The van der Waals surface area contributed by atoms with Crippen LogP contribution < -0.4 is 5.32 Å². The third-order valence-electron chi connectivity index (χ3n) is 3.38. The van der Waals surface area contributed by atoms with Crippen LogP contribution in [0, 0.1) is 11.3 Å². The average molecular weight is 315 g/mol. The summed E-state index contributed by atoms with van der Waals surface area (Å²) in [7, 11) is 3.28. The lowest BCUT2D eigenvalue weighted by Crippen LogP contribution is -2.55. The first-order valence-corrected chi connectivity index (χ1v) is 7.46. The summed E-state index contributed by atoms with van der Waals surface area (Å²) in [6, 6.07) is -0.669. The molecule has 0 aliphatic rings. The highest BCUT2D eigenvalue weighted by molar-refractivity contribution is 5.89. The molecule has 2 atom stereocenters. The largest absolute Gasteiger partial charge is 0.347 e. The zero-order valence-electron chi connectivity index (χ0n) is 14.4. The Balaban J connectivity index is 5.11. The molecule has 0 aliphatic heterocycles. The summed E-state index contributed by atoms with van der Waals surface area (Å²) >= 11 is 0. The van der Waals surface area contributed by atoms with Crippen LogP contribution in [0.3, 0.4) is 0 Å². The van der Waals surface area contributed by atoms with Crippen molar-refractivity contribution in [3.05, 3.63) is 0 Å². The van der Waals surface area contributed by atoms with Gasteiger partial charge in [-0.2, -0.15) is 0 Å². The van der Waals surface area contributed by atoms with Crippen molar-refractivity contribution in [2.45, 2.75) is 46.6 Å². The van der Waals surface area contributed by atoms with Crippen molar-refractivity contribution in [2.75, 3.05) is 20.6 Å². The molecule has 0 saturated heterocycles. The zero-order chi connectivity index (χ0) is 17.5. The smallest absolute Gasteiger partial charge is 0.245 e. The van der Waals surface area contributed by atoms with Crippen LogP contribution in [-0.4, -0.2) is 60.1 Å². The maximum atomic E-state index is 12.4. The molecule has 0 fully saturated rings. The van der Waals surface area contributed by atoms with E-state index in [1.807, 2.05) is 27.7 Å². The third-order valence-corrected chi connectivity index (χ3v) is 3.38. The highest BCUT2D eigenvalue weighted by Gasteiger charge is 2.35. The van der Waals surface area contributed by atoms with E-state index >= 15 is 0 Å². The number of likely N-dealkylation sites (N-methyl/N-ethyl adjacent to an activating group) is 1. The van der Waals surface area contributed by atoms with Crippen LogP contribution in [0.15, 0.2) is 0 Å². The maximum absolute atomic E-state index is 12.4. The van der Waals surface area contributed by atoms with Crippen molar-refractivity contribution in [3.63, 3.8) is 0 Å². The summed E-state index contributed by atoms with van der Waals surface area (Å²) in [5.74, 6) is -1.08. The molecule has 0 heterocycles. The molecule has 22 heavy (non-hydrogen) atoms. The number of nitrogens with zero attached hydrogens (tertiary/aromatic N) is 2. The molecule has 0 aromatic rings. The number of nitrogens with one attached hydrogen (secondary N) is 1. The summed E-state index contributed by atoms with van der Waals surface area (Å²) in [6.45, 7) is 7.44. The SMILES string of the molecule is CCC[C@H](CN(O)C=O)C(=O)N[C@H](C(=O)N(C)C)C(C)(C)C. The van der Waals surface area contributed by atoms with Crippen molar-refractivity contribution in [1.29, 1.82) is 0 Å². The number of hydroxylamine groups is 2. The zero-order valence-corrected chi connectivity index (χ0v) is 14.4. The standard InChI is InChI=1S/C15H29N3O4/c1-7-8-11(9-18(22)10-19)13(20)16-12(15(2,3)4)14(21)17(5)6/h10-12,22H,7-9H2,1-6H3,(H,16,20)/t11-,12-/m1/s1. The quantitative estimate of drug-likeness (QED) is 0.395. The first-order chi connectivity index (χ1) is 10.0. The number of hydrogen-bond acceptors (Lipinski definition) is 4. The van der Waals surface area contributed by atoms with Crippen molar-refractivity contribution in [1.82, 2.24) is 15.3 Å². The summed E-state index contributed by atoms with van der Waals surface area (Å²) in [4.78, 5) is 36.7. The number of amides is 3. The van der Waals surface area contributed by atoms with Gasteiger partial charge in [0.1, 0.15) is 6.04 Å². The second-order valence-corrected chi connectivity index (χ2v) is 6.75. The molecule has 0 saturated carbocycles. The first-order valence-electron chi connectivity index (χ1n) is 7.46. The van der Waals surface area contributed by atoms with Gasteiger partial charge in [0, 0.05) is 14.1 Å². The van der Waals surface area contributed by atoms with Gasteiger partial charge in [-0.1, -0.05) is 34.1 Å². The van der Waals surface area contributed by atoms with Gasteiger partial charge in [-0.3, -0.25) is 19.6 Å². The Kier molecular flexibility index (Phi) is 8.08. The normalized spacial score (nSPS) is 14.0.